The largest absolute Gasteiger partial charge is 0.299 e. The van der Waals surface area contributed by atoms with Crippen LogP contribution in [0.1, 0.15) is 12.0 Å². The van der Waals surface area contributed by atoms with Gasteiger partial charge in [0.1, 0.15) is 5.78 Å². The first-order chi connectivity index (χ1) is 6.22. The number of hydrogen-bond acceptors (Lipinski definition) is 1. The predicted molar refractivity (Wildman–Crippen MR) is 62.7 cm³/mol. The minimum Gasteiger partial charge on any atom is -0.299 e. The summed E-state index contributed by atoms with van der Waals surface area (Å²) in [6.07, 6.45) is 2.63. The Morgan fingerprint density at radius 1 is 1.38 bits per heavy atom. The number of hydrogen-bond donors (Lipinski definition) is 0. The van der Waals surface area contributed by atoms with Gasteiger partial charge >= 0.3 is 0 Å². The fraction of sp³-hybridized carbons (Fsp3) is 0.182. The van der Waals surface area contributed by atoms with Gasteiger partial charge in [-0.3, -0.25) is 4.79 Å². The number of carbonyl (C=O) groups is 1. The van der Waals surface area contributed by atoms with Crippen LogP contribution >= 0.6 is 22.6 Å². The van der Waals surface area contributed by atoms with Crippen LogP contribution in [0.2, 0.25) is 0 Å². The van der Waals surface area contributed by atoms with E-state index in [0.29, 0.717) is 12.8 Å². The van der Waals surface area contributed by atoms with Crippen LogP contribution in [0.5, 0.6) is 0 Å². The van der Waals surface area contributed by atoms with Gasteiger partial charge in [0.05, 0.1) is 0 Å². The fourth-order valence-corrected chi connectivity index (χ4v) is 1.42. The van der Waals surface area contributed by atoms with Crippen molar-refractivity contribution in [2.45, 2.75) is 12.8 Å². The van der Waals surface area contributed by atoms with Crippen LogP contribution in [0.3, 0.4) is 0 Å². The molecular weight excluding hydrogens is 275 g/mol. The summed E-state index contributed by atoms with van der Waals surface area (Å²) >= 11 is 2.25. The average molecular weight is 286 g/mol. The van der Waals surface area contributed by atoms with Gasteiger partial charge < -0.3 is 0 Å². The molecule has 0 amide bonds. The number of Topliss-reactive ketones (excluding diaryl/α,β-unsaturated/α-hetero) is 1. The Kier molecular flexibility index (Phi) is 4.15. The van der Waals surface area contributed by atoms with Gasteiger partial charge in [0.25, 0.3) is 0 Å². The summed E-state index contributed by atoms with van der Waals surface area (Å²) in [5.41, 5.74) is 1.08. The van der Waals surface area contributed by atoms with Crippen LogP contribution in [0.4, 0.5) is 0 Å². The van der Waals surface area contributed by atoms with Crippen molar-refractivity contribution < 1.29 is 4.79 Å². The molecule has 0 unspecified atom stereocenters. The average Bonchev–Trinajstić information content (AvgIpc) is 2.09. The van der Waals surface area contributed by atoms with Crippen LogP contribution in [-0.2, 0) is 11.2 Å². The Bertz CT molecular complexity index is 300. The molecule has 1 aromatic carbocycles. The van der Waals surface area contributed by atoms with Gasteiger partial charge in [0, 0.05) is 16.4 Å². The molecule has 0 radical (unpaired) electrons. The maximum Gasteiger partial charge on any atom is 0.140 e. The van der Waals surface area contributed by atoms with E-state index < -0.39 is 0 Å². The molecule has 0 spiro atoms. The summed E-state index contributed by atoms with van der Waals surface area (Å²) in [6, 6.07) is 8.00. The Balaban J connectivity index is 2.59. The van der Waals surface area contributed by atoms with Crippen LogP contribution in [0.15, 0.2) is 36.9 Å². The third-order valence-corrected chi connectivity index (χ3v) is 2.41. The van der Waals surface area contributed by atoms with Crippen LogP contribution < -0.4 is 0 Å². The van der Waals surface area contributed by atoms with E-state index in [9.17, 15) is 4.79 Å². The van der Waals surface area contributed by atoms with E-state index in [1.54, 1.807) is 6.08 Å². The van der Waals surface area contributed by atoms with Crippen molar-refractivity contribution in [1.82, 2.24) is 0 Å². The Hall–Kier alpha value is -0.640. The summed E-state index contributed by atoms with van der Waals surface area (Å²) in [4.78, 5) is 11.2. The predicted octanol–water partition coefficient (Wildman–Crippen LogP) is 2.98. The molecule has 2 heteroatoms. The lowest BCUT2D eigenvalue weighted by Crippen LogP contribution is -2.00. The molecule has 68 valence electrons. The molecule has 1 nitrogen and oxygen atoms in total. The fourth-order valence-electron chi connectivity index (χ4n) is 1.06. The second-order valence-corrected chi connectivity index (χ2v) is 4.08. The third-order valence-electron chi connectivity index (χ3n) is 1.69. The molecule has 1 rings (SSSR count). The van der Waals surface area contributed by atoms with Crippen molar-refractivity contribution in [2.75, 3.05) is 0 Å². The van der Waals surface area contributed by atoms with Crippen molar-refractivity contribution in [3.05, 3.63) is 46.1 Å². The topological polar surface area (TPSA) is 17.1 Å². The molecular formula is C11H11IO. The highest BCUT2D eigenvalue weighted by Crippen LogP contribution is 2.08. The van der Waals surface area contributed by atoms with E-state index in [0.717, 1.165) is 5.56 Å². The smallest absolute Gasteiger partial charge is 0.140 e. The Labute approximate surface area is 92.0 Å². The Morgan fingerprint density at radius 2 is 2.00 bits per heavy atom. The first kappa shape index (κ1) is 10.4. The molecule has 13 heavy (non-hydrogen) atoms. The van der Waals surface area contributed by atoms with Crippen LogP contribution in [0.25, 0.3) is 0 Å². The first-order valence-electron chi connectivity index (χ1n) is 4.09. The van der Waals surface area contributed by atoms with Gasteiger partial charge in [-0.25, -0.2) is 0 Å². The SMILES string of the molecule is C=CCC(=O)Cc1ccc(I)cc1. The van der Waals surface area contributed by atoms with E-state index in [1.807, 2.05) is 24.3 Å². The van der Waals surface area contributed by atoms with Gasteiger partial charge in [-0.05, 0) is 40.3 Å². The van der Waals surface area contributed by atoms with Crippen LogP contribution in [0, 0.1) is 3.57 Å². The van der Waals surface area contributed by atoms with E-state index in [-0.39, 0.29) is 5.78 Å². The first-order valence-corrected chi connectivity index (χ1v) is 5.17. The summed E-state index contributed by atoms with van der Waals surface area (Å²) in [5, 5.41) is 0. The summed E-state index contributed by atoms with van der Waals surface area (Å²) in [7, 11) is 0. The number of halogens is 1. The molecule has 0 saturated heterocycles. The molecule has 0 saturated carbocycles. The van der Waals surface area contributed by atoms with Gasteiger partial charge in [-0.1, -0.05) is 18.2 Å². The zero-order chi connectivity index (χ0) is 9.68. The van der Waals surface area contributed by atoms with Crippen molar-refractivity contribution in [2.24, 2.45) is 0 Å². The van der Waals surface area contributed by atoms with Crippen molar-refractivity contribution in [3.8, 4) is 0 Å². The molecule has 0 aliphatic carbocycles. The maximum absolute atomic E-state index is 11.2. The second-order valence-electron chi connectivity index (χ2n) is 2.83. The molecule has 0 aromatic heterocycles. The van der Waals surface area contributed by atoms with Crippen molar-refractivity contribution in [1.29, 1.82) is 0 Å². The standard InChI is InChI=1S/C11H11IO/c1-2-3-11(13)8-9-4-6-10(12)7-5-9/h2,4-7H,1,3,8H2. The van der Waals surface area contributed by atoms with Gasteiger partial charge in [0.15, 0.2) is 0 Å². The molecule has 0 aliphatic heterocycles. The summed E-state index contributed by atoms with van der Waals surface area (Å²) in [5.74, 6) is 0.219. The summed E-state index contributed by atoms with van der Waals surface area (Å²) < 4.78 is 1.19. The van der Waals surface area contributed by atoms with Crippen molar-refractivity contribution in [3.63, 3.8) is 0 Å². The molecule has 0 fully saturated rings. The second kappa shape index (κ2) is 5.17. The number of ketones is 1. The van der Waals surface area contributed by atoms with Gasteiger partial charge in [0.2, 0.25) is 0 Å². The normalized spacial score (nSPS) is 9.62. The highest BCUT2D eigenvalue weighted by atomic mass is 127. The lowest BCUT2D eigenvalue weighted by atomic mass is 10.1. The maximum atomic E-state index is 11.2. The quantitative estimate of drug-likeness (QED) is 0.614. The number of benzene rings is 1. The Morgan fingerprint density at radius 3 is 2.54 bits per heavy atom. The minimum atomic E-state index is 0.219. The van der Waals surface area contributed by atoms with Crippen molar-refractivity contribution >= 4 is 28.4 Å². The molecule has 0 heterocycles. The van der Waals surface area contributed by atoms with Crippen LogP contribution in [-0.4, -0.2) is 5.78 Å². The van der Waals surface area contributed by atoms with E-state index in [1.165, 1.54) is 3.57 Å². The van der Waals surface area contributed by atoms with E-state index >= 15 is 0 Å². The highest BCUT2D eigenvalue weighted by Gasteiger charge is 2.00. The molecule has 0 aliphatic rings. The van der Waals surface area contributed by atoms with Gasteiger partial charge in [-0.2, -0.15) is 0 Å². The van der Waals surface area contributed by atoms with E-state index in [2.05, 4.69) is 29.2 Å². The molecule has 0 N–H and O–H groups in total. The zero-order valence-corrected chi connectivity index (χ0v) is 9.45. The highest BCUT2D eigenvalue weighted by molar-refractivity contribution is 14.1. The minimum absolute atomic E-state index is 0.219. The van der Waals surface area contributed by atoms with Gasteiger partial charge in [-0.15, -0.1) is 6.58 Å². The summed E-state index contributed by atoms with van der Waals surface area (Å²) in [6.45, 7) is 3.53. The third kappa shape index (κ3) is 3.72. The monoisotopic (exact) mass is 286 g/mol. The zero-order valence-electron chi connectivity index (χ0n) is 7.29. The number of rotatable bonds is 4. The number of carbonyl (C=O) groups excluding carboxylic acids is 1. The molecule has 1 aromatic rings. The number of allylic oxidation sites excluding steroid dienone is 1. The van der Waals surface area contributed by atoms with E-state index in [4.69, 9.17) is 0 Å². The lowest BCUT2D eigenvalue weighted by Gasteiger charge is -1.98. The molecule has 0 bridgehead atoms. The lowest BCUT2D eigenvalue weighted by molar-refractivity contribution is -0.117. The molecule has 0 atom stereocenters.